The number of allylic oxidation sites excluding steroid dienone is 1. The molecule has 0 saturated carbocycles. The van der Waals surface area contributed by atoms with Crippen molar-refractivity contribution >= 4 is 0 Å². The van der Waals surface area contributed by atoms with Crippen LogP contribution >= 0.6 is 0 Å². The molecular weight excluding hydrogens is 348 g/mol. The Hall–Kier alpha value is -1.58. The van der Waals surface area contributed by atoms with Gasteiger partial charge in [0.05, 0.1) is 13.2 Å². The van der Waals surface area contributed by atoms with Crippen LogP contribution in [0.15, 0.2) is 54.3 Å². The van der Waals surface area contributed by atoms with Crippen LogP contribution in [-0.4, -0.2) is 17.5 Å². The third kappa shape index (κ3) is 9.57. The quantitative estimate of drug-likeness (QED) is 0.270. The topological polar surface area (TPSA) is 38.7 Å². The molecule has 0 fully saturated rings. The average molecular weight is 387 g/mol. The first kappa shape index (κ1) is 22.7. The predicted molar refractivity (Wildman–Crippen MR) is 116 cm³/mol. The van der Waals surface area contributed by atoms with Crippen LogP contribution in [0.25, 0.3) is 0 Å². The Morgan fingerprint density at radius 1 is 0.893 bits per heavy atom. The number of ether oxygens (including phenoxy) is 2. The Balaban J connectivity index is 1.49. The summed E-state index contributed by atoms with van der Waals surface area (Å²) in [5.41, 5.74) is 1.05. The first-order valence-corrected chi connectivity index (χ1v) is 11.1. The molecule has 3 nitrogen and oxygen atoms in total. The van der Waals surface area contributed by atoms with Crippen LogP contribution in [0, 0.1) is 0 Å². The van der Waals surface area contributed by atoms with Crippen LogP contribution < -0.4 is 0 Å². The highest BCUT2D eigenvalue weighted by Crippen LogP contribution is 2.24. The smallest absolute Gasteiger partial charge is 0.189 e. The second kappa shape index (κ2) is 13.6. The molecule has 1 aliphatic carbocycles. The van der Waals surface area contributed by atoms with Crippen LogP contribution in [0.2, 0.25) is 0 Å². The molecule has 0 aromatic heterocycles. The molecule has 0 heterocycles. The third-order valence-electron chi connectivity index (χ3n) is 5.20. The zero-order chi connectivity index (χ0) is 19.9. The van der Waals surface area contributed by atoms with Gasteiger partial charge in [-0.3, -0.25) is 0 Å². The molecular formula is C25H38O3. The highest BCUT2D eigenvalue weighted by Gasteiger charge is 2.26. The Labute approximate surface area is 171 Å². The standard InChI is InChI=1S/C25H38O3/c1-2-3-4-5-6-7-8-9-10-14-21-27-24-17-19-25(26,20-18-24)28-22-23-15-12-11-13-16-23/h11-13,15-19,26H,2-10,14,20-22H2,1H3. The summed E-state index contributed by atoms with van der Waals surface area (Å²) in [7, 11) is 0. The van der Waals surface area contributed by atoms with Crippen molar-refractivity contribution in [3.63, 3.8) is 0 Å². The van der Waals surface area contributed by atoms with Crippen molar-refractivity contribution in [2.24, 2.45) is 0 Å². The molecule has 2 rings (SSSR count). The van der Waals surface area contributed by atoms with E-state index < -0.39 is 5.79 Å². The molecule has 0 aliphatic heterocycles. The van der Waals surface area contributed by atoms with Gasteiger partial charge in [0.1, 0.15) is 5.76 Å². The molecule has 0 radical (unpaired) electrons. The van der Waals surface area contributed by atoms with E-state index in [0.29, 0.717) is 13.0 Å². The number of hydrogen-bond acceptors (Lipinski definition) is 3. The van der Waals surface area contributed by atoms with Crippen LogP contribution in [0.3, 0.4) is 0 Å². The molecule has 1 unspecified atom stereocenters. The van der Waals surface area contributed by atoms with Gasteiger partial charge in [0.25, 0.3) is 0 Å². The number of rotatable bonds is 15. The molecule has 1 atom stereocenters. The van der Waals surface area contributed by atoms with Gasteiger partial charge in [0, 0.05) is 6.42 Å². The van der Waals surface area contributed by atoms with Gasteiger partial charge >= 0.3 is 0 Å². The van der Waals surface area contributed by atoms with Crippen molar-refractivity contribution < 1.29 is 14.6 Å². The first-order chi connectivity index (χ1) is 13.7. The second-order valence-corrected chi connectivity index (χ2v) is 7.79. The highest BCUT2D eigenvalue weighted by molar-refractivity contribution is 5.22. The summed E-state index contributed by atoms with van der Waals surface area (Å²) in [4.78, 5) is 0. The molecule has 1 aromatic rings. The lowest BCUT2D eigenvalue weighted by Crippen LogP contribution is -2.30. The van der Waals surface area contributed by atoms with Gasteiger partial charge in [-0.1, -0.05) is 95.0 Å². The summed E-state index contributed by atoms with van der Waals surface area (Å²) in [5.74, 6) is -0.399. The molecule has 0 bridgehead atoms. The maximum atomic E-state index is 10.5. The molecule has 1 aliphatic rings. The van der Waals surface area contributed by atoms with Crippen LogP contribution in [-0.2, 0) is 16.1 Å². The fraction of sp³-hybridized carbons (Fsp3) is 0.600. The van der Waals surface area contributed by atoms with E-state index in [1.807, 2.05) is 42.5 Å². The Kier molecular flexibility index (Phi) is 11.0. The molecule has 28 heavy (non-hydrogen) atoms. The number of hydrogen-bond donors (Lipinski definition) is 1. The minimum atomic E-state index is -1.24. The zero-order valence-electron chi connectivity index (χ0n) is 17.6. The Bertz CT molecular complexity index is 579. The summed E-state index contributed by atoms with van der Waals surface area (Å²) in [6.07, 6.45) is 19.1. The van der Waals surface area contributed by atoms with E-state index in [9.17, 15) is 5.11 Å². The third-order valence-corrected chi connectivity index (χ3v) is 5.20. The van der Waals surface area contributed by atoms with Gasteiger partial charge < -0.3 is 14.6 Å². The predicted octanol–water partition coefficient (Wildman–Crippen LogP) is 6.67. The van der Waals surface area contributed by atoms with Gasteiger partial charge in [0.2, 0.25) is 0 Å². The number of unbranched alkanes of at least 4 members (excludes halogenated alkanes) is 9. The molecule has 156 valence electrons. The van der Waals surface area contributed by atoms with Crippen molar-refractivity contribution in [3.05, 3.63) is 59.9 Å². The van der Waals surface area contributed by atoms with Gasteiger partial charge in [-0.2, -0.15) is 0 Å². The normalized spacial score (nSPS) is 18.9. The Morgan fingerprint density at radius 2 is 1.54 bits per heavy atom. The van der Waals surface area contributed by atoms with Crippen molar-refractivity contribution in [2.45, 2.75) is 89.9 Å². The average Bonchev–Trinajstić information content (AvgIpc) is 2.73. The minimum Gasteiger partial charge on any atom is -0.494 e. The van der Waals surface area contributed by atoms with E-state index in [4.69, 9.17) is 9.47 Å². The summed E-state index contributed by atoms with van der Waals surface area (Å²) in [5, 5.41) is 10.5. The SMILES string of the molecule is CCCCCCCCCCCCOC1=CCC(O)(OCc2ccccc2)C=C1. The van der Waals surface area contributed by atoms with E-state index >= 15 is 0 Å². The molecule has 1 N–H and O–H groups in total. The van der Waals surface area contributed by atoms with Crippen LogP contribution in [0.4, 0.5) is 0 Å². The molecule has 1 aromatic carbocycles. The van der Waals surface area contributed by atoms with Gasteiger partial charge in [0.15, 0.2) is 5.79 Å². The fourth-order valence-electron chi connectivity index (χ4n) is 3.37. The van der Waals surface area contributed by atoms with Crippen molar-refractivity contribution in [3.8, 4) is 0 Å². The maximum Gasteiger partial charge on any atom is 0.189 e. The van der Waals surface area contributed by atoms with Crippen LogP contribution in [0.1, 0.15) is 83.1 Å². The van der Waals surface area contributed by atoms with Gasteiger partial charge in [-0.15, -0.1) is 0 Å². The lowest BCUT2D eigenvalue weighted by molar-refractivity contribution is -0.173. The first-order valence-electron chi connectivity index (χ1n) is 11.1. The second-order valence-electron chi connectivity index (χ2n) is 7.79. The zero-order valence-corrected chi connectivity index (χ0v) is 17.6. The van der Waals surface area contributed by atoms with Gasteiger partial charge in [-0.25, -0.2) is 0 Å². The molecule has 0 spiro atoms. The molecule has 3 heteroatoms. The largest absolute Gasteiger partial charge is 0.494 e. The summed E-state index contributed by atoms with van der Waals surface area (Å²) >= 11 is 0. The molecule has 0 amide bonds. The summed E-state index contributed by atoms with van der Waals surface area (Å²) < 4.78 is 11.5. The van der Waals surface area contributed by atoms with Gasteiger partial charge in [-0.05, 0) is 30.2 Å². The number of aliphatic hydroxyl groups is 1. The highest BCUT2D eigenvalue weighted by atomic mass is 16.6. The van der Waals surface area contributed by atoms with E-state index in [1.165, 1.54) is 57.8 Å². The Morgan fingerprint density at radius 3 is 2.14 bits per heavy atom. The van der Waals surface area contributed by atoms with Crippen molar-refractivity contribution in [1.29, 1.82) is 0 Å². The van der Waals surface area contributed by atoms with Crippen LogP contribution in [0.5, 0.6) is 0 Å². The van der Waals surface area contributed by atoms with Crippen molar-refractivity contribution in [1.82, 2.24) is 0 Å². The van der Waals surface area contributed by atoms with E-state index in [-0.39, 0.29) is 0 Å². The lowest BCUT2D eigenvalue weighted by atomic mass is 10.1. The monoisotopic (exact) mass is 386 g/mol. The van der Waals surface area contributed by atoms with E-state index in [0.717, 1.165) is 24.4 Å². The number of benzene rings is 1. The van der Waals surface area contributed by atoms with E-state index in [1.54, 1.807) is 6.08 Å². The fourth-order valence-corrected chi connectivity index (χ4v) is 3.37. The minimum absolute atomic E-state index is 0.393. The van der Waals surface area contributed by atoms with Crippen molar-refractivity contribution in [2.75, 3.05) is 6.61 Å². The summed E-state index contributed by atoms with van der Waals surface area (Å²) in [6.45, 7) is 3.40. The summed E-state index contributed by atoms with van der Waals surface area (Å²) in [6, 6.07) is 9.90. The van der Waals surface area contributed by atoms with E-state index in [2.05, 4.69) is 6.92 Å². The lowest BCUT2D eigenvalue weighted by Gasteiger charge is -2.26. The molecule has 0 saturated heterocycles. The maximum absolute atomic E-state index is 10.5.